The van der Waals surface area contributed by atoms with E-state index in [2.05, 4.69) is 38.8 Å². The van der Waals surface area contributed by atoms with Gasteiger partial charge in [-0.1, -0.05) is 41.6 Å². The minimum Gasteiger partial charge on any atom is -0.497 e. The van der Waals surface area contributed by atoms with E-state index in [9.17, 15) is 0 Å². The minimum atomic E-state index is 0.306. The molecule has 1 atom stereocenters. The SMILES string of the molecule is COc1cccc(-n2c(SCC3CCCO3)nnc2C2CCN(Cc3ccc(Cl)cc3)CC2)c1. The first-order valence-electron chi connectivity index (χ1n) is 12.0. The predicted molar refractivity (Wildman–Crippen MR) is 136 cm³/mol. The first-order chi connectivity index (χ1) is 16.7. The van der Waals surface area contributed by atoms with Gasteiger partial charge in [0.1, 0.15) is 11.6 Å². The zero-order valence-corrected chi connectivity index (χ0v) is 21.1. The summed E-state index contributed by atoms with van der Waals surface area (Å²) in [4.78, 5) is 2.51. The highest BCUT2D eigenvalue weighted by atomic mass is 35.5. The highest BCUT2D eigenvalue weighted by molar-refractivity contribution is 7.99. The highest BCUT2D eigenvalue weighted by Crippen LogP contribution is 2.34. The average Bonchev–Trinajstić information content (AvgIpc) is 3.55. The maximum absolute atomic E-state index is 6.04. The second kappa shape index (κ2) is 11.1. The van der Waals surface area contributed by atoms with E-state index in [0.29, 0.717) is 12.0 Å². The van der Waals surface area contributed by atoms with E-state index in [1.54, 1.807) is 18.9 Å². The van der Waals surface area contributed by atoms with Crippen LogP contribution in [0.2, 0.25) is 5.02 Å². The molecule has 0 bridgehead atoms. The summed E-state index contributed by atoms with van der Waals surface area (Å²) < 4.78 is 13.6. The Morgan fingerprint density at radius 2 is 1.91 bits per heavy atom. The summed E-state index contributed by atoms with van der Waals surface area (Å²) in [7, 11) is 1.70. The van der Waals surface area contributed by atoms with Crippen molar-refractivity contribution in [3.05, 3.63) is 64.9 Å². The third-order valence-corrected chi connectivity index (χ3v) is 7.98. The van der Waals surface area contributed by atoms with Crippen LogP contribution in [0.3, 0.4) is 0 Å². The van der Waals surface area contributed by atoms with E-state index in [-0.39, 0.29) is 0 Å². The molecule has 0 spiro atoms. The van der Waals surface area contributed by atoms with Crippen LogP contribution in [-0.2, 0) is 11.3 Å². The lowest BCUT2D eigenvalue weighted by atomic mass is 9.95. The Morgan fingerprint density at radius 1 is 1.09 bits per heavy atom. The van der Waals surface area contributed by atoms with Crippen molar-refractivity contribution in [2.45, 2.75) is 49.4 Å². The van der Waals surface area contributed by atoms with Gasteiger partial charge >= 0.3 is 0 Å². The van der Waals surface area contributed by atoms with Crippen molar-refractivity contribution < 1.29 is 9.47 Å². The molecule has 3 aromatic rings. The van der Waals surface area contributed by atoms with Crippen LogP contribution in [-0.4, -0.2) is 58.3 Å². The number of ether oxygens (including phenoxy) is 2. The van der Waals surface area contributed by atoms with Gasteiger partial charge in [-0.05, 0) is 68.6 Å². The molecule has 0 saturated carbocycles. The number of benzene rings is 2. The van der Waals surface area contributed by atoms with Gasteiger partial charge in [0.15, 0.2) is 5.16 Å². The van der Waals surface area contributed by atoms with Gasteiger partial charge in [-0.15, -0.1) is 10.2 Å². The van der Waals surface area contributed by atoms with Gasteiger partial charge in [0.25, 0.3) is 0 Å². The molecule has 34 heavy (non-hydrogen) atoms. The van der Waals surface area contributed by atoms with Gasteiger partial charge in [0, 0.05) is 35.9 Å². The van der Waals surface area contributed by atoms with Crippen molar-refractivity contribution in [1.82, 2.24) is 19.7 Å². The third-order valence-electron chi connectivity index (χ3n) is 6.66. The van der Waals surface area contributed by atoms with Crippen LogP contribution in [0.25, 0.3) is 5.69 Å². The van der Waals surface area contributed by atoms with E-state index >= 15 is 0 Å². The van der Waals surface area contributed by atoms with Crippen LogP contribution >= 0.6 is 23.4 Å². The van der Waals surface area contributed by atoms with Crippen molar-refractivity contribution in [1.29, 1.82) is 0 Å². The summed E-state index contributed by atoms with van der Waals surface area (Å²) in [5.41, 5.74) is 2.35. The zero-order chi connectivity index (χ0) is 23.3. The maximum Gasteiger partial charge on any atom is 0.195 e. The fourth-order valence-electron chi connectivity index (χ4n) is 4.77. The summed E-state index contributed by atoms with van der Waals surface area (Å²) in [6, 6.07) is 16.4. The summed E-state index contributed by atoms with van der Waals surface area (Å²) in [6.45, 7) is 3.90. The maximum atomic E-state index is 6.04. The molecule has 2 aliphatic heterocycles. The number of likely N-dealkylation sites (tertiary alicyclic amines) is 1. The van der Waals surface area contributed by atoms with Crippen molar-refractivity contribution >= 4 is 23.4 Å². The van der Waals surface area contributed by atoms with Gasteiger partial charge in [-0.2, -0.15) is 0 Å². The van der Waals surface area contributed by atoms with E-state index in [0.717, 1.165) is 85.1 Å². The third kappa shape index (κ3) is 5.60. The molecule has 6 nitrogen and oxygen atoms in total. The smallest absolute Gasteiger partial charge is 0.195 e. The molecular weight excluding hydrogens is 468 g/mol. The van der Waals surface area contributed by atoms with Crippen LogP contribution in [0.15, 0.2) is 53.7 Å². The first kappa shape index (κ1) is 23.7. The molecule has 0 amide bonds. The summed E-state index contributed by atoms with van der Waals surface area (Å²) in [6.07, 6.45) is 4.70. The molecule has 3 heterocycles. The van der Waals surface area contributed by atoms with Crippen LogP contribution in [0.5, 0.6) is 5.75 Å². The molecular formula is C26H31ClN4O2S. The Labute approximate surface area is 210 Å². The Hall–Kier alpha value is -2.06. The number of aromatic nitrogens is 3. The van der Waals surface area contributed by atoms with Crippen molar-refractivity contribution in [2.24, 2.45) is 0 Å². The van der Waals surface area contributed by atoms with E-state index in [1.165, 1.54) is 5.56 Å². The van der Waals surface area contributed by atoms with E-state index < -0.39 is 0 Å². The molecule has 8 heteroatoms. The first-order valence-corrected chi connectivity index (χ1v) is 13.4. The predicted octanol–water partition coefficient (Wildman–Crippen LogP) is 5.58. The van der Waals surface area contributed by atoms with Crippen molar-refractivity contribution in [3.8, 4) is 11.4 Å². The molecule has 2 saturated heterocycles. The largest absolute Gasteiger partial charge is 0.497 e. The molecule has 0 radical (unpaired) electrons. The molecule has 2 fully saturated rings. The van der Waals surface area contributed by atoms with Gasteiger partial charge in [-0.3, -0.25) is 9.47 Å². The molecule has 0 aliphatic carbocycles. The van der Waals surface area contributed by atoms with E-state index in [4.69, 9.17) is 26.2 Å². The van der Waals surface area contributed by atoms with Gasteiger partial charge in [-0.25, -0.2) is 0 Å². The molecule has 1 unspecified atom stereocenters. The zero-order valence-electron chi connectivity index (χ0n) is 19.5. The number of nitrogens with zero attached hydrogens (tertiary/aromatic N) is 4. The monoisotopic (exact) mass is 498 g/mol. The van der Waals surface area contributed by atoms with Crippen LogP contribution < -0.4 is 4.74 Å². The highest BCUT2D eigenvalue weighted by Gasteiger charge is 2.28. The molecule has 1 aromatic heterocycles. The lowest BCUT2D eigenvalue weighted by molar-refractivity contribution is 0.129. The number of hydrogen-bond donors (Lipinski definition) is 0. The molecule has 2 aromatic carbocycles. The second-order valence-corrected chi connectivity index (χ2v) is 10.4. The van der Waals surface area contributed by atoms with Crippen molar-refractivity contribution in [3.63, 3.8) is 0 Å². The number of rotatable bonds is 8. The van der Waals surface area contributed by atoms with Crippen LogP contribution in [0.1, 0.15) is 43.0 Å². The lowest BCUT2D eigenvalue weighted by Crippen LogP contribution is -2.33. The number of piperidine rings is 1. The Balaban J connectivity index is 1.32. The Kier molecular flexibility index (Phi) is 7.74. The summed E-state index contributed by atoms with van der Waals surface area (Å²) >= 11 is 7.78. The standard InChI is InChI=1S/C26H31ClN4O2S/c1-32-23-5-2-4-22(16-23)31-25(28-29-26(31)34-18-24-6-3-15-33-24)20-11-13-30(14-12-20)17-19-7-9-21(27)10-8-19/h2,4-5,7-10,16,20,24H,3,6,11-15,17-18H2,1H3. The number of halogens is 1. The Morgan fingerprint density at radius 3 is 2.65 bits per heavy atom. The van der Waals surface area contributed by atoms with Gasteiger partial charge in [0.05, 0.1) is 18.9 Å². The normalized spacial score (nSPS) is 19.5. The Bertz CT molecular complexity index is 1080. The number of hydrogen-bond acceptors (Lipinski definition) is 6. The van der Waals surface area contributed by atoms with Crippen LogP contribution in [0.4, 0.5) is 0 Å². The molecule has 0 N–H and O–H groups in total. The number of thioether (sulfide) groups is 1. The quantitative estimate of drug-likeness (QED) is 0.378. The van der Waals surface area contributed by atoms with Crippen LogP contribution in [0, 0.1) is 0 Å². The summed E-state index contributed by atoms with van der Waals surface area (Å²) in [5.74, 6) is 3.17. The summed E-state index contributed by atoms with van der Waals surface area (Å²) in [5, 5.41) is 11.1. The lowest BCUT2D eigenvalue weighted by Gasteiger charge is -2.31. The second-order valence-electron chi connectivity index (χ2n) is 9.00. The molecule has 2 aliphatic rings. The fourth-order valence-corrected chi connectivity index (χ4v) is 5.92. The van der Waals surface area contributed by atoms with Crippen molar-refractivity contribution in [2.75, 3.05) is 32.6 Å². The average molecular weight is 499 g/mol. The van der Waals surface area contributed by atoms with E-state index in [1.807, 2.05) is 24.3 Å². The molecule has 5 rings (SSSR count). The van der Waals surface area contributed by atoms with Gasteiger partial charge in [0.2, 0.25) is 0 Å². The fraction of sp³-hybridized carbons (Fsp3) is 0.462. The molecule has 180 valence electrons. The minimum absolute atomic E-state index is 0.306. The topological polar surface area (TPSA) is 52.4 Å². The van der Waals surface area contributed by atoms with Gasteiger partial charge < -0.3 is 9.47 Å². The number of methoxy groups -OCH3 is 1.